The van der Waals surface area contributed by atoms with E-state index in [-0.39, 0.29) is 56.6 Å². The van der Waals surface area contributed by atoms with Crippen molar-refractivity contribution in [2.24, 2.45) is 0 Å². The summed E-state index contributed by atoms with van der Waals surface area (Å²) < 4.78 is 0. The Morgan fingerprint density at radius 2 is 0.571 bits per heavy atom. The molecule has 0 bridgehead atoms. The van der Waals surface area contributed by atoms with Crippen molar-refractivity contribution in [2.45, 2.75) is 59.9 Å². The Morgan fingerprint density at radius 1 is 0.571 bits per heavy atom. The minimum absolute atomic E-state index is 0. The van der Waals surface area contributed by atoms with E-state index < -0.39 is 0 Å². The summed E-state index contributed by atoms with van der Waals surface area (Å²) in [6.45, 7) is 10.3. The third-order valence-electron chi connectivity index (χ3n) is 0. The normalized spacial score (nSPS) is 7.71. The van der Waals surface area contributed by atoms with Gasteiger partial charge in [-0.05, 0) is 41.5 Å². The van der Waals surface area contributed by atoms with E-state index in [1.165, 1.54) is 0 Å². The van der Waals surface area contributed by atoms with Crippen molar-refractivity contribution >= 4 is 0 Å². The SMILES string of the molecule is CC(C)O.CC(C)O.CC(C)O.[Cl-].[Hf]. The van der Waals surface area contributed by atoms with E-state index in [1.807, 2.05) is 0 Å². The van der Waals surface area contributed by atoms with Crippen LogP contribution >= 0.6 is 0 Å². The molecule has 0 amide bonds. The molecular weight excluding hydrogens is 370 g/mol. The molecule has 0 spiro atoms. The van der Waals surface area contributed by atoms with Crippen molar-refractivity contribution in [3.63, 3.8) is 0 Å². The first-order valence-electron chi connectivity index (χ1n) is 4.24. The van der Waals surface area contributed by atoms with E-state index >= 15 is 0 Å². The fourth-order valence-electron chi connectivity index (χ4n) is 0. The first kappa shape index (κ1) is 29.4. The molecule has 0 aliphatic carbocycles. The zero-order valence-electron chi connectivity index (χ0n) is 9.95. The smallest absolute Gasteiger partial charge is 0.0483 e. The number of hydrogen-bond acceptors (Lipinski definition) is 3. The second-order valence-electron chi connectivity index (χ2n) is 3.28. The Balaban J connectivity index is -0.0000000270. The van der Waals surface area contributed by atoms with Crippen LogP contribution in [0, 0.1) is 0 Å². The molecule has 5 heteroatoms. The molecule has 0 aromatic heterocycles. The van der Waals surface area contributed by atoms with Crippen molar-refractivity contribution in [1.82, 2.24) is 0 Å². The predicted octanol–water partition coefficient (Wildman–Crippen LogP) is -1.84. The van der Waals surface area contributed by atoms with Gasteiger partial charge in [-0.25, -0.2) is 0 Å². The van der Waals surface area contributed by atoms with Crippen LogP contribution in [-0.4, -0.2) is 33.6 Å². The molecule has 0 aliphatic heterocycles. The maximum Gasteiger partial charge on any atom is 0.0483 e. The van der Waals surface area contributed by atoms with E-state index in [4.69, 9.17) is 15.3 Å². The predicted molar refractivity (Wildman–Crippen MR) is 52.1 cm³/mol. The maximum atomic E-state index is 8.06. The van der Waals surface area contributed by atoms with Gasteiger partial charge in [-0.15, -0.1) is 0 Å². The summed E-state index contributed by atoms with van der Waals surface area (Å²) in [5, 5.41) is 24.2. The fourth-order valence-corrected chi connectivity index (χ4v) is 0. The van der Waals surface area contributed by atoms with Crippen LogP contribution in [0.2, 0.25) is 0 Å². The fraction of sp³-hybridized carbons (Fsp3) is 1.00. The van der Waals surface area contributed by atoms with Gasteiger partial charge >= 0.3 is 0 Å². The van der Waals surface area contributed by atoms with E-state index in [2.05, 4.69) is 0 Å². The molecule has 90 valence electrons. The van der Waals surface area contributed by atoms with Crippen LogP contribution in [0.3, 0.4) is 0 Å². The topological polar surface area (TPSA) is 60.7 Å². The Bertz CT molecular complexity index is 48.5. The average molecular weight is 394 g/mol. The zero-order valence-corrected chi connectivity index (χ0v) is 14.3. The van der Waals surface area contributed by atoms with Gasteiger partial charge in [0.1, 0.15) is 0 Å². The molecule has 0 aliphatic rings. The molecule has 0 heterocycles. The van der Waals surface area contributed by atoms with Gasteiger partial charge in [0.05, 0.1) is 0 Å². The summed E-state index contributed by atoms with van der Waals surface area (Å²) in [5.41, 5.74) is 0. The number of rotatable bonds is 0. The van der Waals surface area contributed by atoms with Crippen LogP contribution in [0.1, 0.15) is 41.5 Å². The van der Waals surface area contributed by atoms with Crippen LogP contribution in [0.15, 0.2) is 0 Å². The molecule has 14 heavy (non-hydrogen) atoms. The summed E-state index contributed by atoms with van der Waals surface area (Å²) in [5.74, 6) is 0. The van der Waals surface area contributed by atoms with Gasteiger partial charge in [-0.3, -0.25) is 0 Å². The Kier molecular flexibility index (Phi) is 49.8. The van der Waals surface area contributed by atoms with E-state index in [9.17, 15) is 0 Å². The Morgan fingerprint density at radius 3 is 0.571 bits per heavy atom. The quantitative estimate of drug-likeness (QED) is 0.424. The summed E-state index contributed by atoms with van der Waals surface area (Å²) >= 11 is 0. The van der Waals surface area contributed by atoms with Gasteiger partial charge in [0, 0.05) is 44.2 Å². The Labute approximate surface area is 113 Å². The molecule has 0 atom stereocenters. The van der Waals surface area contributed by atoms with Gasteiger partial charge in [0.2, 0.25) is 0 Å². The van der Waals surface area contributed by atoms with Crippen LogP contribution in [-0.2, 0) is 25.8 Å². The molecule has 0 aromatic rings. The second-order valence-corrected chi connectivity index (χ2v) is 3.28. The number of aliphatic hydroxyl groups is 3. The van der Waals surface area contributed by atoms with Crippen LogP contribution in [0.25, 0.3) is 0 Å². The van der Waals surface area contributed by atoms with Crippen molar-refractivity contribution in [2.75, 3.05) is 0 Å². The standard InChI is InChI=1S/3C3H8O.ClH.Hf/c3*1-3(2)4;;/h3*3-4H,1-2H3;1H;/p-1. The van der Waals surface area contributed by atoms with Gasteiger partial charge in [-0.2, -0.15) is 0 Å². The largest absolute Gasteiger partial charge is 1.00 e. The maximum absolute atomic E-state index is 8.06. The monoisotopic (exact) mass is 395 g/mol. The molecule has 0 rings (SSSR count). The summed E-state index contributed by atoms with van der Waals surface area (Å²) in [7, 11) is 0. The van der Waals surface area contributed by atoms with E-state index in [0.717, 1.165) is 0 Å². The summed E-state index contributed by atoms with van der Waals surface area (Å²) in [6, 6.07) is 0. The minimum atomic E-state index is -0.167. The Hall–Kier alpha value is 1.04. The average Bonchev–Trinajstić information content (AvgIpc) is 1.54. The second kappa shape index (κ2) is 23.7. The number of aliphatic hydroxyl groups excluding tert-OH is 3. The number of halogens is 1. The molecule has 0 fully saturated rings. The van der Waals surface area contributed by atoms with E-state index in [0.29, 0.717) is 0 Å². The molecule has 3 nitrogen and oxygen atoms in total. The molecule has 0 aromatic carbocycles. The van der Waals surface area contributed by atoms with Gasteiger partial charge in [-0.1, -0.05) is 0 Å². The third-order valence-corrected chi connectivity index (χ3v) is 0. The van der Waals surface area contributed by atoms with Crippen molar-refractivity contribution in [3.8, 4) is 0 Å². The summed E-state index contributed by atoms with van der Waals surface area (Å²) in [6.07, 6.45) is -0.500. The van der Waals surface area contributed by atoms with E-state index in [1.54, 1.807) is 41.5 Å². The first-order chi connectivity index (χ1) is 5.20. The van der Waals surface area contributed by atoms with Crippen LogP contribution < -0.4 is 12.4 Å². The third kappa shape index (κ3) is 1750. The summed E-state index contributed by atoms with van der Waals surface area (Å²) in [4.78, 5) is 0. The molecule has 0 saturated heterocycles. The molecular formula is C9H24ClHfO3-. The van der Waals surface area contributed by atoms with Gasteiger partial charge < -0.3 is 27.7 Å². The van der Waals surface area contributed by atoms with Crippen molar-refractivity contribution < 1.29 is 53.6 Å². The molecule has 0 radical (unpaired) electrons. The van der Waals surface area contributed by atoms with Gasteiger partial charge in [0.25, 0.3) is 0 Å². The zero-order chi connectivity index (χ0) is 10.7. The molecule has 0 saturated carbocycles. The van der Waals surface area contributed by atoms with Crippen molar-refractivity contribution in [3.05, 3.63) is 0 Å². The number of hydrogen-bond donors (Lipinski definition) is 3. The van der Waals surface area contributed by atoms with Crippen LogP contribution in [0.5, 0.6) is 0 Å². The van der Waals surface area contributed by atoms with Crippen molar-refractivity contribution in [1.29, 1.82) is 0 Å². The molecule has 3 N–H and O–H groups in total. The minimum Gasteiger partial charge on any atom is -1.00 e. The van der Waals surface area contributed by atoms with Gasteiger partial charge in [0.15, 0.2) is 0 Å². The van der Waals surface area contributed by atoms with Crippen LogP contribution in [0.4, 0.5) is 0 Å². The first-order valence-corrected chi connectivity index (χ1v) is 4.24. The molecule has 0 unspecified atom stereocenters.